The number of amides is 2. The van der Waals surface area contributed by atoms with Crippen molar-refractivity contribution in [1.82, 2.24) is 10.2 Å². The number of nitrogens with one attached hydrogen (secondary N) is 1. The second-order valence-electron chi connectivity index (χ2n) is 8.63. The smallest absolute Gasteiger partial charge is 0.354 e. The van der Waals surface area contributed by atoms with Crippen LogP contribution in [-0.2, 0) is 9.59 Å². The Bertz CT molecular complexity index is 812. The molecule has 2 aliphatic carbocycles. The van der Waals surface area contributed by atoms with Crippen LogP contribution in [0.1, 0.15) is 42.9 Å². The first-order chi connectivity index (χ1) is 14.2. The minimum atomic E-state index is -4.19. The van der Waals surface area contributed by atoms with Gasteiger partial charge >= 0.3 is 6.18 Å². The van der Waals surface area contributed by atoms with E-state index < -0.39 is 12.6 Å². The van der Waals surface area contributed by atoms with Crippen molar-refractivity contribution >= 4 is 46.5 Å². The number of hydrogen-bond donors (Lipinski definition) is 1. The van der Waals surface area contributed by atoms with Crippen molar-refractivity contribution < 1.29 is 22.8 Å². The van der Waals surface area contributed by atoms with Gasteiger partial charge in [0.15, 0.2) is 0 Å². The molecule has 3 fully saturated rings. The molecule has 166 valence electrons. The predicted molar refractivity (Wildman–Crippen MR) is 113 cm³/mol. The fourth-order valence-electron chi connectivity index (χ4n) is 4.28. The van der Waals surface area contributed by atoms with E-state index >= 15 is 0 Å². The highest BCUT2D eigenvalue weighted by atomic mass is 35.5. The third kappa shape index (κ3) is 5.46. The maximum Gasteiger partial charge on any atom is 0.389 e. The van der Waals surface area contributed by atoms with Crippen molar-refractivity contribution in [3.63, 3.8) is 0 Å². The van der Waals surface area contributed by atoms with Crippen LogP contribution in [0, 0.1) is 11.3 Å². The van der Waals surface area contributed by atoms with Crippen molar-refractivity contribution in [2.24, 2.45) is 11.3 Å². The summed E-state index contributed by atoms with van der Waals surface area (Å²) in [7, 11) is 0. The van der Waals surface area contributed by atoms with E-state index in [-0.39, 0.29) is 46.6 Å². The molecule has 0 bridgehead atoms. The highest BCUT2D eigenvalue weighted by Crippen LogP contribution is 2.55. The molecule has 1 saturated heterocycles. The number of likely N-dealkylation sites (tertiary alicyclic amines) is 1. The number of nitrogens with zero attached hydrogens (tertiary/aromatic N) is 1. The molecule has 0 radical (unpaired) electrons. The molecule has 3 aliphatic rings. The summed E-state index contributed by atoms with van der Waals surface area (Å²) in [4.78, 5) is 28.1. The van der Waals surface area contributed by atoms with Crippen LogP contribution in [-0.4, -0.2) is 53.5 Å². The molecule has 4 rings (SSSR count). The minimum absolute atomic E-state index is 0.00761. The van der Waals surface area contributed by atoms with Crippen LogP contribution in [0.15, 0.2) is 12.1 Å². The van der Waals surface area contributed by atoms with Crippen LogP contribution in [0.2, 0.25) is 4.34 Å². The summed E-state index contributed by atoms with van der Waals surface area (Å²) in [5, 5.41) is 3.01. The zero-order valence-corrected chi connectivity index (χ0v) is 18.7. The molecule has 1 aromatic heterocycles. The molecular weight excluding hydrogens is 457 g/mol. The van der Waals surface area contributed by atoms with Crippen LogP contribution in [0.4, 0.5) is 13.2 Å². The molecule has 3 atom stereocenters. The van der Waals surface area contributed by atoms with Crippen LogP contribution >= 0.6 is 34.7 Å². The Morgan fingerprint density at radius 2 is 2.10 bits per heavy atom. The first-order valence-corrected chi connectivity index (χ1v) is 12.5. The summed E-state index contributed by atoms with van der Waals surface area (Å²) >= 11 is 8.51. The lowest BCUT2D eigenvalue weighted by Gasteiger charge is -2.25. The van der Waals surface area contributed by atoms with Gasteiger partial charge in [0.05, 0.1) is 16.5 Å². The Morgan fingerprint density at radius 1 is 1.33 bits per heavy atom. The summed E-state index contributed by atoms with van der Waals surface area (Å²) < 4.78 is 37.6. The lowest BCUT2D eigenvalue weighted by molar-refractivity contribution is -0.131. The Labute approximate surface area is 186 Å². The fraction of sp³-hybridized carbons (Fsp3) is 0.700. The van der Waals surface area contributed by atoms with Gasteiger partial charge in [-0.05, 0) is 43.2 Å². The van der Waals surface area contributed by atoms with Crippen LogP contribution in [0.25, 0.3) is 0 Å². The number of carbonyl (C=O) groups is 2. The standard InChI is InChI=1S/C20H24ClF3N2O2S2/c21-16-2-1-15(30-16)13-7-14(13)18(28)25-9-12-8-19(3-4-19)11-26(12)17(27)10-29-6-5-20(22,23)24/h1-2,12-14H,3-11H2,(H,25,28)/t12?,13-,14-/m1/s1. The average molecular weight is 481 g/mol. The maximum atomic E-state index is 12.6. The normalized spacial score (nSPS) is 26.8. The monoisotopic (exact) mass is 480 g/mol. The highest BCUT2D eigenvalue weighted by molar-refractivity contribution is 7.99. The molecule has 30 heavy (non-hydrogen) atoms. The van der Waals surface area contributed by atoms with E-state index in [1.165, 1.54) is 11.3 Å². The minimum Gasteiger partial charge on any atom is -0.354 e. The van der Waals surface area contributed by atoms with Gasteiger partial charge in [-0.1, -0.05) is 11.6 Å². The van der Waals surface area contributed by atoms with Gasteiger partial charge in [-0.15, -0.1) is 11.3 Å². The van der Waals surface area contributed by atoms with Gasteiger partial charge in [-0.2, -0.15) is 24.9 Å². The SMILES string of the molecule is O=C(NCC1CC2(CC2)CN1C(=O)CSCCC(F)(F)F)[C@@H]1C[C@H]1c1ccc(Cl)s1. The number of halogens is 4. The van der Waals surface area contributed by atoms with Crippen molar-refractivity contribution in [1.29, 1.82) is 0 Å². The van der Waals surface area contributed by atoms with E-state index in [9.17, 15) is 22.8 Å². The first kappa shape index (κ1) is 22.3. The molecule has 0 aromatic carbocycles. The first-order valence-electron chi connectivity index (χ1n) is 10.1. The van der Waals surface area contributed by atoms with E-state index in [0.717, 1.165) is 46.7 Å². The van der Waals surface area contributed by atoms with Gasteiger partial charge in [0.2, 0.25) is 11.8 Å². The molecule has 1 aliphatic heterocycles. The van der Waals surface area contributed by atoms with E-state index in [0.29, 0.717) is 13.1 Å². The molecule has 1 unspecified atom stereocenters. The zero-order valence-electron chi connectivity index (χ0n) is 16.3. The summed E-state index contributed by atoms with van der Waals surface area (Å²) in [6.07, 6.45) is -1.24. The van der Waals surface area contributed by atoms with Crippen molar-refractivity contribution in [2.75, 3.05) is 24.6 Å². The molecule has 2 amide bonds. The number of thioether (sulfide) groups is 1. The second-order valence-corrected chi connectivity index (χ2v) is 11.5. The van der Waals surface area contributed by atoms with Gasteiger partial charge in [-0.25, -0.2) is 0 Å². The lowest BCUT2D eigenvalue weighted by Crippen LogP contribution is -2.44. The van der Waals surface area contributed by atoms with Gasteiger partial charge in [0.25, 0.3) is 0 Å². The molecule has 1 spiro atoms. The van der Waals surface area contributed by atoms with Gasteiger partial charge in [0, 0.05) is 41.6 Å². The zero-order chi connectivity index (χ0) is 21.5. The Balaban J connectivity index is 1.25. The van der Waals surface area contributed by atoms with Gasteiger partial charge < -0.3 is 10.2 Å². The summed E-state index contributed by atoms with van der Waals surface area (Å²) in [5.41, 5.74) is 0.164. The molecule has 10 heteroatoms. The number of carbonyl (C=O) groups excluding carboxylic acids is 2. The molecule has 1 aromatic rings. The van der Waals surface area contributed by atoms with Gasteiger partial charge in [-0.3, -0.25) is 9.59 Å². The van der Waals surface area contributed by atoms with Crippen molar-refractivity contribution in [2.45, 2.75) is 50.2 Å². The van der Waals surface area contributed by atoms with Crippen LogP contribution in [0.5, 0.6) is 0 Å². The molecule has 4 nitrogen and oxygen atoms in total. The summed E-state index contributed by atoms with van der Waals surface area (Å²) in [6, 6.07) is 3.74. The highest BCUT2D eigenvalue weighted by Gasteiger charge is 2.53. The Morgan fingerprint density at radius 3 is 2.73 bits per heavy atom. The molecule has 1 N–H and O–H groups in total. The summed E-state index contributed by atoms with van der Waals surface area (Å²) in [5.74, 6) is 0.0175. The third-order valence-electron chi connectivity index (χ3n) is 6.25. The molecule has 2 heterocycles. The second kappa shape index (κ2) is 8.54. The van der Waals surface area contributed by atoms with E-state index in [1.54, 1.807) is 4.90 Å². The third-order valence-corrected chi connectivity index (χ3v) is 8.55. The van der Waals surface area contributed by atoms with E-state index in [2.05, 4.69) is 5.32 Å². The number of thiophene rings is 1. The molecular formula is C20H24ClF3N2O2S2. The van der Waals surface area contributed by atoms with Gasteiger partial charge in [0.1, 0.15) is 0 Å². The average Bonchev–Trinajstić information content (AvgIpc) is 3.54. The van der Waals surface area contributed by atoms with E-state index in [4.69, 9.17) is 11.6 Å². The maximum absolute atomic E-state index is 12.6. The number of hydrogen-bond acceptors (Lipinski definition) is 4. The molecule has 2 saturated carbocycles. The summed E-state index contributed by atoms with van der Waals surface area (Å²) in [6.45, 7) is 1.07. The topological polar surface area (TPSA) is 49.4 Å². The van der Waals surface area contributed by atoms with Crippen molar-refractivity contribution in [3.05, 3.63) is 21.3 Å². The quantitative estimate of drug-likeness (QED) is 0.549. The fourth-order valence-corrected chi connectivity index (χ4v) is 6.38. The predicted octanol–water partition coefficient (Wildman–Crippen LogP) is 4.69. The Kier molecular flexibility index (Phi) is 6.34. The lowest BCUT2D eigenvalue weighted by atomic mass is 10.0. The van der Waals surface area contributed by atoms with Crippen molar-refractivity contribution in [3.8, 4) is 0 Å². The van der Waals surface area contributed by atoms with Crippen LogP contribution in [0.3, 0.4) is 0 Å². The van der Waals surface area contributed by atoms with Crippen LogP contribution < -0.4 is 5.32 Å². The van der Waals surface area contributed by atoms with E-state index in [1.807, 2.05) is 12.1 Å². The number of rotatable bonds is 8. The Hall–Kier alpha value is -0.930. The largest absolute Gasteiger partial charge is 0.389 e. The number of alkyl halides is 3.